The van der Waals surface area contributed by atoms with Gasteiger partial charge in [-0.25, -0.2) is 0 Å². The molecule has 0 N–H and O–H groups in total. The summed E-state index contributed by atoms with van der Waals surface area (Å²) in [5.41, 5.74) is 0. The summed E-state index contributed by atoms with van der Waals surface area (Å²) in [5, 5.41) is 0. The van der Waals surface area contributed by atoms with Gasteiger partial charge in [0.25, 0.3) is 0 Å². The Morgan fingerprint density at radius 3 is 1.89 bits per heavy atom. The molecule has 0 aliphatic carbocycles. The van der Waals surface area contributed by atoms with E-state index in [0.717, 1.165) is 19.4 Å². The van der Waals surface area contributed by atoms with Crippen molar-refractivity contribution in [2.24, 2.45) is 0 Å². The number of rotatable bonds is 5. The maximum absolute atomic E-state index is 3.70. The van der Waals surface area contributed by atoms with Crippen LogP contribution in [0.1, 0.15) is 6.92 Å². The van der Waals surface area contributed by atoms with Gasteiger partial charge in [0.1, 0.15) is 6.71 Å². The van der Waals surface area contributed by atoms with Crippen LogP contribution in [0.15, 0.2) is 25.3 Å². The Balaban J connectivity index is 3.39. The Morgan fingerprint density at radius 2 is 1.67 bits per heavy atom. The van der Waals surface area contributed by atoms with Crippen LogP contribution in [-0.4, -0.2) is 6.71 Å². The number of hydrogen-bond acceptors (Lipinski definition) is 0. The molecular formula is C8H15B. The summed E-state index contributed by atoms with van der Waals surface area (Å²) in [6.45, 7) is 10.4. The van der Waals surface area contributed by atoms with E-state index in [1.54, 1.807) is 0 Å². The Kier molecular flexibility index (Phi) is 5.39. The summed E-state index contributed by atoms with van der Waals surface area (Å²) < 4.78 is 0. The molecule has 1 heteroatoms. The van der Waals surface area contributed by atoms with Crippen molar-refractivity contribution in [3.63, 3.8) is 0 Å². The van der Waals surface area contributed by atoms with Crippen LogP contribution in [0, 0.1) is 0 Å². The second-order valence-electron chi connectivity index (χ2n) is 2.32. The van der Waals surface area contributed by atoms with Crippen LogP contribution in [-0.2, 0) is 0 Å². The molecule has 0 aromatic carbocycles. The van der Waals surface area contributed by atoms with Crippen molar-refractivity contribution in [2.75, 3.05) is 0 Å². The molecule has 0 saturated heterocycles. The van der Waals surface area contributed by atoms with Gasteiger partial charge < -0.3 is 0 Å². The maximum Gasteiger partial charge on any atom is 0.147 e. The minimum absolute atomic E-state index is 0.778. The molecule has 0 aromatic heterocycles. The average molecular weight is 122 g/mol. The fourth-order valence-corrected chi connectivity index (χ4v) is 0.901. The van der Waals surface area contributed by atoms with Gasteiger partial charge >= 0.3 is 0 Å². The number of allylic oxidation sites excluding steroid dienone is 2. The molecule has 0 heterocycles. The Hall–Kier alpha value is -0.455. The van der Waals surface area contributed by atoms with Gasteiger partial charge in [0, 0.05) is 0 Å². The zero-order valence-electron chi connectivity index (χ0n) is 6.27. The van der Waals surface area contributed by atoms with Crippen molar-refractivity contribution in [1.82, 2.24) is 0 Å². The van der Waals surface area contributed by atoms with Crippen molar-refractivity contribution < 1.29 is 0 Å². The third-order valence-corrected chi connectivity index (χ3v) is 1.58. The lowest BCUT2D eigenvalue weighted by Gasteiger charge is -2.02. The van der Waals surface area contributed by atoms with E-state index in [1.165, 1.54) is 6.32 Å². The Morgan fingerprint density at radius 1 is 1.22 bits per heavy atom. The SMILES string of the molecule is C=CCB(CC)CC=C. The van der Waals surface area contributed by atoms with Gasteiger partial charge in [0.05, 0.1) is 0 Å². The van der Waals surface area contributed by atoms with E-state index in [9.17, 15) is 0 Å². The molecule has 0 atom stereocenters. The standard InChI is InChI=1S/C8H15B/c1-4-7-9(6-3)8-5-2/h4-5H,1-2,6-8H2,3H3. The van der Waals surface area contributed by atoms with Gasteiger partial charge in [-0.3, -0.25) is 0 Å². The first kappa shape index (κ1) is 8.54. The third-order valence-electron chi connectivity index (χ3n) is 1.58. The summed E-state index contributed by atoms with van der Waals surface area (Å²) in [5.74, 6) is 0. The summed E-state index contributed by atoms with van der Waals surface area (Å²) >= 11 is 0. The van der Waals surface area contributed by atoms with E-state index < -0.39 is 0 Å². The van der Waals surface area contributed by atoms with Crippen LogP contribution < -0.4 is 0 Å². The quantitative estimate of drug-likeness (QED) is 0.388. The molecule has 0 fully saturated rings. The van der Waals surface area contributed by atoms with Crippen LogP contribution in [0.5, 0.6) is 0 Å². The molecule has 0 unspecified atom stereocenters. The third kappa shape index (κ3) is 4.08. The molecule has 50 valence electrons. The highest BCUT2D eigenvalue weighted by Crippen LogP contribution is 2.05. The van der Waals surface area contributed by atoms with E-state index in [1.807, 2.05) is 12.2 Å². The van der Waals surface area contributed by atoms with E-state index in [4.69, 9.17) is 0 Å². The number of hydrogen-bond donors (Lipinski definition) is 0. The fraction of sp³-hybridized carbons (Fsp3) is 0.500. The van der Waals surface area contributed by atoms with Crippen molar-refractivity contribution in [2.45, 2.75) is 25.9 Å². The zero-order chi connectivity index (χ0) is 7.11. The molecule has 0 nitrogen and oxygen atoms in total. The first-order chi connectivity index (χ1) is 4.35. The first-order valence-corrected chi connectivity index (χ1v) is 3.56. The molecule has 0 bridgehead atoms. The average Bonchev–Trinajstić information content (AvgIpc) is 1.88. The summed E-state index contributed by atoms with van der Waals surface area (Å²) in [4.78, 5) is 0. The molecule has 0 aromatic rings. The van der Waals surface area contributed by atoms with Crippen molar-refractivity contribution in [3.8, 4) is 0 Å². The lowest BCUT2D eigenvalue weighted by atomic mass is 9.43. The van der Waals surface area contributed by atoms with Crippen molar-refractivity contribution in [3.05, 3.63) is 25.3 Å². The monoisotopic (exact) mass is 122 g/mol. The van der Waals surface area contributed by atoms with Gasteiger partial charge in [0.2, 0.25) is 0 Å². The van der Waals surface area contributed by atoms with Crippen molar-refractivity contribution >= 4 is 6.71 Å². The molecule has 0 aliphatic heterocycles. The smallest absolute Gasteiger partial charge is 0.104 e. The first-order valence-electron chi connectivity index (χ1n) is 3.56. The fourth-order valence-electron chi connectivity index (χ4n) is 0.901. The normalized spacial score (nSPS) is 8.56. The van der Waals surface area contributed by atoms with E-state index in [0.29, 0.717) is 0 Å². The summed E-state index contributed by atoms with van der Waals surface area (Å²) in [6.07, 6.45) is 7.46. The Labute approximate surface area is 58.7 Å². The largest absolute Gasteiger partial charge is 0.147 e. The summed E-state index contributed by atoms with van der Waals surface area (Å²) in [7, 11) is 0. The van der Waals surface area contributed by atoms with E-state index in [2.05, 4.69) is 20.1 Å². The molecule has 9 heavy (non-hydrogen) atoms. The lowest BCUT2D eigenvalue weighted by molar-refractivity contribution is 1.34. The van der Waals surface area contributed by atoms with Gasteiger partial charge in [0.15, 0.2) is 0 Å². The minimum atomic E-state index is 0.778. The maximum atomic E-state index is 3.70. The molecule has 0 rings (SSSR count). The van der Waals surface area contributed by atoms with Gasteiger partial charge in [-0.1, -0.05) is 38.0 Å². The molecule has 0 aliphatic rings. The second-order valence-corrected chi connectivity index (χ2v) is 2.32. The topological polar surface area (TPSA) is 0 Å². The highest BCUT2D eigenvalue weighted by atomic mass is 13.7. The predicted octanol–water partition coefficient (Wildman–Crippen LogP) is 2.87. The molecule has 0 amide bonds. The van der Waals surface area contributed by atoms with Gasteiger partial charge in [-0.05, 0) is 0 Å². The van der Waals surface area contributed by atoms with Gasteiger partial charge in [-0.15, -0.1) is 13.2 Å². The van der Waals surface area contributed by atoms with Crippen LogP contribution >= 0.6 is 0 Å². The Bertz CT molecular complexity index is 76.6. The van der Waals surface area contributed by atoms with Crippen LogP contribution in [0.4, 0.5) is 0 Å². The van der Waals surface area contributed by atoms with Crippen LogP contribution in [0.2, 0.25) is 19.0 Å². The molecule has 0 spiro atoms. The van der Waals surface area contributed by atoms with Crippen LogP contribution in [0.25, 0.3) is 0 Å². The molecular weight excluding hydrogens is 107 g/mol. The highest BCUT2D eigenvalue weighted by Gasteiger charge is 2.04. The lowest BCUT2D eigenvalue weighted by Crippen LogP contribution is -2.06. The van der Waals surface area contributed by atoms with E-state index >= 15 is 0 Å². The zero-order valence-corrected chi connectivity index (χ0v) is 6.27. The van der Waals surface area contributed by atoms with E-state index in [-0.39, 0.29) is 0 Å². The second kappa shape index (κ2) is 5.68. The predicted molar refractivity (Wildman–Crippen MR) is 46.2 cm³/mol. The van der Waals surface area contributed by atoms with Gasteiger partial charge in [-0.2, -0.15) is 0 Å². The molecule has 0 saturated carbocycles. The minimum Gasteiger partial charge on any atom is -0.104 e. The highest BCUT2D eigenvalue weighted by molar-refractivity contribution is 6.59. The van der Waals surface area contributed by atoms with Crippen LogP contribution in [0.3, 0.4) is 0 Å². The summed E-state index contributed by atoms with van der Waals surface area (Å²) in [6, 6.07) is 0. The van der Waals surface area contributed by atoms with Crippen molar-refractivity contribution in [1.29, 1.82) is 0 Å². The molecule has 0 radical (unpaired) electrons.